The molecule has 0 saturated carbocycles. The van der Waals surface area contributed by atoms with Crippen molar-refractivity contribution in [1.82, 2.24) is 10.6 Å². The molecule has 0 saturated heterocycles. The van der Waals surface area contributed by atoms with Crippen LogP contribution in [0.15, 0.2) is 29.7 Å². The van der Waals surface area contributed by atoms with Gasteiger partial charge in [0.25, 0.3) is 0 Å². The first-order chi connectivity index (χ1) is 8.69. The van der Waals surface area contributed by atoms with Crippen molar-refractivity contribution in [3.63, 3.8) is 0 Å². The first-order valence-corrected chi connectivity index (χ1v) is 6.30. The Balaban J connectivity index is 2.44. The number of rotatable bonds is 6. The highest BCUT2D eigenvalue weighted by Gasteiger charge is 2.18. The highest BCUT2D eigenvalue weighted by atomic mass is 32.1. The second-order valence-electron chi connectivity index (χ2n) is 3.41. The second kappa shape index (κ2) is 7.62. The van der Waals surface area contributed by atoms with E-state index in [4.69, 9.17) is 0 Å². The number of carbonyl (C=O) groups is 2. The van der Waals surface area contributed by atoms with E-state index in [-0.39, 0.29) is 18.5 Å². The fourth-order valence-electron chi connectivity index (χ4n) is 1.34. The summed E-state index contributed by atoms with van der Waals surface area (Å²) >= 11 is 1.52. The van der Waals surface area contributed by atoms with E-state index in [1.807, 2.05) is 17.5 Å². The van der Waals surface area contributed by atoms with E-state index in [0.717, 1.165) is 4.88 Å². The van der Waals surface area contributed by atoms with Gasteiger partial charge in [0, 0.05) is 17.5 Å². The number of hydrogen-bond donors (Lipinski definition) is 2. The summed E-state index contributed by atoms with van der Waals surface area (Å²) in [5.41, 5.74) is 0. The number of esters is 1. The Morgan fingerprint density at radius 1 is 1.56 bits per heavy atom. The van der Waals surface area contributed by atoms with Crippen LogP contribution in [0.2, 0.25) is 0 Å². The van der Waals surface area contributed by atoms with Crippen LogP contribution in [-0.2, 0) is 14.3 Å². The number of nitrogens with one attached hydrogen (secondary N) is 2. The van der Waals surface area contributed by atoms with Crippen LogP contribution in [0.4, 0.5) is 0 Å². The SMILES string of the molecule is CNC(C(=O)NC/C=C/C(=O)OC)c1cccs1. The molecule has 0 aliphatic carbocycles. The topological polar surface area (TPSA) is 67.4 Å². The lowest BCUT2D eigenvalue weighted by Gasteiger charge is -2.13. The van der Waals surface area contributed by atoms with Gasteiger partial charge in [0.05, 0.1) is 7.11 Å². The molecule has 0 aliphatic rings. The minimum absolute atomic E-state index is 0.130. The van der Waals surface area contributed by atoms with Gasteiger partial charge in [0.15, 0.2) is 0 Å². The maximum Gasteiger partial charge on any atom is 0.330 e. The van der Waals surface area contributed by atoms with Gasteiger partial charge in [-0.15, -0.1) is 11.3 Å². The van der Waals surface area contributed by atoms with E-state index >= 15 is 0 Å². The zero-order valence-electron chi connectivity index (χ0n) is 10.3. The van der Waals surface area contributed by atoms with Gasteiger partial charge in [-0.05, 0) is 18.5 Å². The molecule has 6 heteroatoms. The number of ether oxygens (including phenoxy) is 1. The largest absolute Gasteiger partial charge is 0.466 e. The third-order valence-electron chi connectivity index (χ3n) is 2.23. The molecular weight excluding hydrogens is 252 g/mol. The predicted molar refractivity (Wildman–Crippen MR) is 70.3 cm³/mol. The average Bonchev–Trinajstić information content (AvgIpc) is 2.89. The van der Waals surface area contributed by atoms with Crippen molar-refractivity contribution in [1.29, 1.82) is 0 Å². The Kier molecular flexibility index (Phi) is 6.10. The van der Waals surface area contributed by atoms with Gasteiger partial charge in [-0.3, -0.25) is 4.79 Å². The lowest BCUT2D eigenvalue weighted by Crippen LogP contribution is -2.35. The molecule has 0 aromatic carbocycles. The lowest BCUT2D eigenvalue weighted by atomic mass is 10.2. The molecule has 1 atom stereocenters. The fourth-order valence-corrected chi connectivity index (χ4v) is 2.18. The summed E-state index contributed by atoms with van der Waals surface area (Å²) in [5.74, 6) is -0.567. The quantitative estimate of drug-likeness (QED) is 0.593. The monoisotopic (exact) mass is 268 g/mol. The summed E-state index contributed by atoms with van der Waals surface area (Å²) in [6.45, 7) is 0.289. The summed E-state index contributed by atoms with van der Waals surface area (Å²) < 4.78 is 4.44. The highest BCUT2D eigenvalue weighted by molar-refractivity contribution is 7.10. The smallest absolute Gasteiger partial charge is 0.330 e. The Hall–Kier alpha value is -1.66. The lowest BCUT2D eigenvalue weighted by molar-refractivity contribution is -0.134. The number of hydrogen-bond acceptors (Lipinski definition) is 5. The number of thiophene rings is 1. The Bertz CT molecular complexity index is 415. The van der Waals surface area contributed by atoms with Crippen LogP contribution < -0.4 is 10.6 Å². The Morgan fingerprint density at radius 2 is 2.33 bits per heavy atom. The second-order valence-corrected chi connectivity index (χ2v) is 4.39. The van der Waals surface area contributed by atoms with Gasteiger partial charge in [-0.25, -0.2) is 4.79 Å². The van der Waals surface area contributed by atoms with Crippen molar-refractivity contribution in [3.05, 3.63) is 34.5 Å². The molecule has 1 amide bonds. The van der Waals surface area contributed by atoms with Crippen molar-refractivity contribution in [3.8, 4) is 0 Å². The van der Waals surface area contributed by atoms with Crippen LogP contribution in [0.1, 0.15) is 10.9 Å². The minimum Gasteiger partial charge on any atom is -0.466 e. The van der Waals surface area contributed by atoms with Crippen LogP contribution in [0.3, 0.4) is 0 Å². The summed E-state index contributed by atoms with van der Waals surface area (Å²) in [6, 6.07) is 3.43. The van der Waals surface area contributed by atoms with Gasteiger partial charge >= 0.3 is 5.97 Å². The van der Waals surface area contributed by atoms with E-state index in [2.05, 4.69) is 15.4 Å². The molecule has 98 valence electrons. The van der Waals surface area contributed by atoms with Gasteiger partial charge < -0.3 is 15.4 Å². The van der Waals surface area contributed by atoms with Crippen molar-refractivity contribution < 1.29 is 14.3 Å². The van der Waals surface area contributed by atoms with Crippen LogP contribution in [-0.4, -0.2) is 32.6 Å². The maximum absolute atomic E-state index is 11.9. The van der Waals surface area contributed by atoms with E-state index in [1.165, 1.54) is 24.5 Å². The number of carbonyl (C=O) groups excluding carboxylic acids is 2. The molecule has 0 aliphatic heterocycles. The van der Waals surface area contributed by atoms with Gasteiger partial charge in [-0.1, -0.05) is 12.1 Å². The molecule has 0 radical (unpaired) electrons. The molecule has 1 unspecified atom stereocenters. The van der Waals surface area contributed by atoms with Crippen molar-refractivity contribution >= 4 is 23.2 Å². The molecule has 0 bridgehead atoms. The number of amides is 1. The molecule has 1 aromatic rings. The van der Waals surface area contributed by atoms with E-state index in [9.17, 15) is 9.59 Å². The average molecular weight is 268 g/mol. The molecule has 1 rings (SSSR count). The minimum atomic E-state index is -0.437. The molecule has 0 fully saturated rings. The zero-order chi connectivity index (χ0) is 13.4. The van der Waals surface area contributed by atoms with Gasteiger partial charge in [-0.2, -0.15) is 0 Å². The Labute approximate surface area is 110 Å². The summed E-state index contributed by atoms with van der Waals surface area (Å²) in [4.78, 5) is 23.6. The van der Waals surface area contributed by atoms with Gasteiger partial charge in [0.1, 0.15) is 6.04 Å². The third kappa shape index (κ3) is 4.31. The maximum atomic E-state index is 11.9. The molecule has 2 N–H and O–H groups in total. The highest BCUT2D eigenvalue weighted by Crippen LogP contribution is 2.18. The number of methoxy groups -OCH3 is 1. The van der Waals surface area contributed by atoms with Crippen LogP contribution in [0.5, 0.6) is 0 Å². The molecule has 0 spiro atoms. The van der Waals surface area contributed by atoms with Crippen molar-refractivity contribution in [2.75, 3.05) is 20.7 Å². The first kappa shape index (κ1) is 14.4. The number of likely N-dealkylation sites (N-methyl/N-ethyl adjacent to an activating group) is 1. The molecular formula is C12H16N2O3S. The predicted octanol–water partition coefficient (Wildman–Crippen LogP) is 0.854. The van der Waals surface area contributed by atoms with Crippen molar-refractivity contribution in [2.24, 2.45) is 0 Å². The molecule has 1 heterocycles. The molecule has 1 aromatic heterocycles. The first-order valence-electron chi connectivity index (χ1n) is 5.42. The van der Waals surface area contributed by atoms with E-state index in [0.29, 0.717) is 0 Å². The normalized spacial score (nSPS) is 12.3. The van der Waals surface area contributed by atoms with Crippen LogP contribution in [0, 0.1) is 0 Å². The molecule has 18 heavy (non-hydrogen) atoms. The summed E-state index contributed by atoms with van der Waals surface area (Å²) in [7, 11) is 3.04. The van der Waals surface area contributed by atoms with Gasteiger partial charge in [0.2, 0.25) is 5.91 Å². The third-order valence-corrected chi connectivity index (χ3v) is 3.16. The summed E-state index contributed by atoms with van der Waals surface area (Å²) in [6.07, 6.45) is 2.82. The molecule has 5 nitrogen and oxygen atoms in total. The standard InChI is InChI=1S/C12H16N2O3S/c1-13-11(9-5-4-8-18-9)12(16)14-7-3-6-10(15)17-2/h3-6,8,11,13H,7H2,1-2H3,(H,14,16)/b6-3+. The van der Waals surface area contributed by atoms with E-state index < -0.39 is 5.97 Å². The Morgan fingerprint density at radius 3 is 2.89 bits per heavy atom. The summed E-state index contributed by atoms with van der Waals surface area (Å²) in [5, 5.41) is 7.58. The fraction of sp³-hybridized carbons (Fsp3) is 0.333. The van der Waals surface area contributed by atoms with Crippen LogP contribution in [0.25, 0.3) is 0 Å². The van der Waals surface area contributed by atoms with Crippen molar-refractivity contribution in [2.45, 2.75) is 6.04 Å². The zero-order valence-corrected chi connectivity index (χ0v) is 11.1. The van der Waals surface area contributed by atoms with E-state index in [1.54, 1.807) is 13.1 Å². The van der Waals surface area contributed by atoms with Crippen LogP contribution >= 0.6 is 11.3 Å².